The summed E-state index contributed by atoms with van der Waals surface area (Å²) in [5, 5.41) is 10.1. The number of carbonyl (C=O) groups is 2. The van der Waals surface area contributed by atoms with E-state index in [1.165, 1.54) is 48.5 Å². The molecule has 236 valence electrons. The molecule has 0 saturated heterocycles. The van der Waals surface area contributed by atoms with Gasteiger partial charge < -0.3 is 24.2 Å². The highest BCUT2D eigenvalue weighted by atomic mass is 33.2. The molecule has 0 bridgehead atoms. The van der Waals surface area contributed by atoms with Crippen LogP contribution in [0.15, 0.2) is 71.6 Å². The first-order chi connectivity index (χ1) is 21.3. The molecule has 0 fully saturated rings. The average molecular weight is 655 g/mol. The quantitative estimate of drug-likeness (QED) is 0.219. The number of fused-ring (bicyclic) bond motifs is 2. The third-order valence-electron chi connectivity index (χ3n) is 7.10. The van der Waals surface area contributed by atoms with E-state index in [1.54, 1.807) is 41.9 Å². The van der Waals surface area contributed by atoms with Gasteiger partial charge in [0.2, 0.25) is 18.4 Å². The second-order valence-corrected chi connectivity index (χ2v) is 15.5. The van der Waals surface area contributed by atoms with Crippen molar-refractivity contribution in [3.8, 4) is 23.0 Å². The van der Waals surface area contributed by atoms with E-state index in [4.69, 9.17) is 14.2 Å². The number of anilines is 1. The second kappa shape index (κ2) is 12.3. The molecule has 14 heteroatoms. The number of carbonyl (C=O) groups excluding carboxylic acids is 1. The summed E-state index contributed by atoms with van der Waals surface area (Å²) >= 11 is 0. The predicted octanol–water partition coefficient (Wildman–Crippen LogP) is 4.45. The minimum atomic E-state index is -5.26. The fourth-order valence-corrected chi connectivity index (χ4v) is 8.16. The zero-order valence-electron chi connectivity index (χ0n) is 24.6. The molecule has 0 unspecified atom stereocenters. The summed E-state index contributed by atoms with van der Waals surface area (Å²) in [4.78, 5) is 26.0. The van der Waals surface area contributed by atoms with Crippen molar-refractivity contribution in [2.75, 3.05) is 25.8 Å². The van der Waals surface area contributed by atoms with Gasteiger partial charge in [-0.3, -0.25) is 4.79 Å². The Morgan fingerprint density at radius 3 is 2.38 bits per heavy atom. The smallest absolute Gasteiger partial charge is 0.345 e. The molecule has 1 amide bonds. The number of nitrogens with one attached hydrogen (secondary N) is 1. The van der Waals surface area contributed by atoms with Gasteiger partial charge in [-0.05, 0) is 48.4 Å². The van der Waals surface area contributed by atoms with Crippen molar-refractivity contribution in [1.82, 2.24) is 4.72 Å². The van der Waals surface area contributed by atoms with Crippen molar-refractivity contribution in [3.63, 3.8) is 0 Å². The van der Waals surface area contributed by atoms with Crippen molar-refractivity contribution in [2.24, 2.45) is 0 Å². The van der Waals surface area contributed by atoms with Gasteiger partial charge in [0.25, 0.3) is 0 Å². The van der Waals surface area contributed by atoms with Crippen LogP contribution in [0.2, 0.25) is 0 Å². The first-order valence-electron chi connectivity index (χ1n) is 13.8. The molecule has 0 spiro atoms. The summed E-state index contributed by atoms with van der Waals surface area (Å²) in [6.07, 6.45) is 0.566. The van der Waals surface area contributed by atoms with E-state index in [2.05, 4.69) is 0 Å². The maximum absolute atomic E-state index is 13.5. The number of ether oxygens (including phenoxy) is 3. The fraction of sp³-hybridized carbons (Fsp3) is 0.226. The molecule has 1 aliphatic rings. The van der Waals surface area contributed by atoms with Crippen molar-refractivity contribution in [3.05, 3.63) is 83.4 Å². The number of carboxylic acids is 1. The van der Waals surface area contributed by atoms with Gasteiger partial charge in [0, 0.05) is 36.1 Å². The molecule has 1 aliphatic heterocycles. The number of nitrogens with zero attached hydrogens (tertiary/aromatic N) is 1. The van der Waals surface area contributed by atoms with E-state index in [0.29, 0.717) is 41.0 Å². The van der Waals surface area contributed by atoms with Gasteiger partial charge in [-0.1, -0.05) is 43.7 Å². The van der Waals surface area contributed by atoms with Crippen LogP contribution in [-0.2, 0) is 35.6 Å². The van der Waals surface area contributed by atoms with E-state index in [0.717, 1.165) is 0 Å². The Balaban J connectivity index is 1.46. The van der Waals surface area contributed by atoms with Crippen molar-refractivity contribution in [1.29, 1.82) is 0 Å². The third kappa shape index (κ3) is 6.11. The Kier molecular flexibility index (Phi) is 8.63. The van der Waals surface area contributed by atoms with Gasteiger partial charge in [-0.15, -0.1) is 0 Å². The summed E-state index contributed by atoms with van der Waals surface area (Å²) in [5.74, 6) is -1.41. The van der Waals surface area contributed by atoms with Gasteiger partial charge in [0.1, 0.15) is 5.75 Å². The number of hydrogen-bond donors (Lipinski definition) is 2. The summed E-state index contributed by atoms with van der Waals surface area (Å²) in [6.45, 7) is 1.78. The largest absolute Gasteiger partial charge is 0.478 e. The number of carboxylic acid groups (broad SMARTS) is 1. The first-order valence-corrected chi connectivity index (χ1v) is 17.3. The van der Waals surface area contributed by atoms with Crippen LogP contribution in [0.1, 0.15) is 34.8 Å². The molecule has 0 radical (unpaired) electrons. The lowest BCUT2D eigenvalue weighted by molar-refractivity contribution is -0.118. The molecule has 2 N–H and O–H groups in total. The van der Waals surface area contributed by atoms with Crippen LogP contribution in [0.3, 0.4) is 0 Å². The SMILES string of the molecule is CCCc1cc(C(=O)O)ccc1Oc1c(CC(=O)NS(=O)(=O)S(=O)(=O)c2cccc3c(N(C)C)cccc23)ccc2c1OCO2. The molecular weight excluding hydrogens is 624 g/mol. The van der Waals surface area contributed by atoms with E-state index >= 15 is 0 Å². The lowest BCUT2D eigenvalue weighted by Gasteiger charge is -2.17. The summed E-state index contributed by atoms with van der Waals surface area (Å²) < 4.78 is 72.2. The number of benzene rings is 4. The summed E-state index contributed by atoms with van der Waals surface area (Å²) in [6, 6.07) is 16.5. The highest BCUT2D eigenvalue weighted by Crippen LogP contribution is 2.46. The Morgan fingerprint density at radius 1 is 0.933 bits per heavy atom. The third-order valence-corrected chi connectivity index (χ3v) is 11.6. The molecule has 12 nitrogen and oxygen atoms in total. The lowest BCUT2D eigenvalue weighted by atomic mass is 10.0. The maximum atomic E-state index is 13.5. The van der Waals surface area contributed by atoms with Crippen LogP contribution in [0.4, 0.5) is 5.69 Å². The van der Waals surface area contributed by atoms with Gasteiger partial charge in [-0.2, -0.15) is 8.42 Å². The number of aryl methyl sites for hydroxylation is 1. The van der Waals surface area contributed by atoms with Gasteiger partial charge in [0.05, 0.1) is 16.9 Å². The van der Waals surface area contributed by atoms with Crippen LogP contribution in [0.5, 0.6) is 23.0 Å². The maximum Gasteiger partial charge on any atom is 0.345 e. The molecule has 0 aliphatic carbocycles. The monoisotopic (exact) mass is 654 g/mol. The highest BCUT2D eigenvalue weighted by Gasteiger charge is 2.36. The fourth-order valence-electron chi connectivity index (χ4n) is 5.02. The molecule has 1 heterocycles. The summed E-state index contributed by atoms with van der Waals surface area (Å²) in [5.41, 5.74) is 1.51. The minimum Gasteiger partial charge on any atom is -0.478 e. The van der Waals surface area contributed by atoms with Crippen LogP contribution < -0.4 is 23.8 Å². The molecule has 4 aromatic carbocycles. The normalized spacial score (nSPS) is 12.6. The van der Waals surface area contributed by atoms with Crippen molar-refractivity contribution >= 4 is 46.3 Å². The lowest BCUT2D eigenvalue weighted by Crippen LogP contribution is -2.36. The van der Waals surface area contributed by atoms with E-state index < -0.39 is 41.1 Å². The number of rotatable bonds is 11. The van der Waals surface area contributed by atoms with E-state index in [-0.39, 0.29) is 34.8 Å². The summed E-state index contributed by atoms with van der Waals surface area (Å²) in [7, 11) is -6.80. The van der Waals surface area contributed by atoms with Crippen molar-refractivity contribution < 1.29 is 45.7 Å². The number of amides is 1. The highest BCUT2D eigenvalue weighted by molar-refractivity contribution is 8.66. The van der Waals surface area contributed by atoms with Gasteiger partial charge >= 0.3 is 23.9 Å². The van der Waals surface area contributed by atoms with E-state index in [1.807, 2.05) is 6.92 Å². The van der Waals surface area contributed by atoms with Crippen LogP contribution in [0.25, 0.3) is 10.8 Å². The Bertz CT molecular complexity index is 2040. The first kappa shape index (κ1) is 31.6. The van der Waals surface area contributed by atoms with Crippen LogP contribution in [-0.4, -0.2) is 54.7 Å². The van der Waals surface area contributed by atoms with Crippen LogP contribution in [0, 0.1) is 0 Å². The Morgan fingerprint density at radius 2 is 1.67 bits per heavy atom. The molecule has 45 heavy (non-hydrogen) atoms. The molecule has 0 atom stereocenters. The van der Waals surface area contributed by atoms with Crippen molar-refractivity contribution in [2.45, 2.75) is 31.1 Å². The second-order valence-electron chi connectivity index (χ2n) is 10.4. The molecule has 5 rings (SSSR count). The Hall–Kier alpha value is -4.82. The van der Waals surface area contributed by atoms with Gasteiger partial charge in [-0.25, -0.2) is 17.9 Å². The van der Waals surface area contributed by atoms with Crippen LogP contribution >= 0.6 is 0 Å². The van der Waals surface area contributed by atoms with E-state index in [9.17, 15) is 31.5 Å². The average Bonchev–Trinajstić information content (AvgIpc) is 3.47. The molecule has 0 aromatic heterocycles. The Labute approximate surface area is 259 Å². The number of hydrogen-bond acceptors (Lipinski definition) is 10. The standard InChI is InChI=1S/C31H30N2O10S2/c1-4-7-19-16-21(31(35)36)13-14-25(19)43-29-20(12-15-26-30(29)42-18-41-26)17-28(34)32-45(39,40)44(37,38)27-11-6-8-22-23(27)9-5-10-24(22)33(2)3/h5-6,8-16H,4,7,17-18H2,1-3H3,(H,32,34)(H,35,36). The minimum absolute atomic E-state index is 0.0473. The zero-order valence-corrected chi connectivity index (χ0v) is 26.2. The molecule has 4 aromatic rings. The topological polar surface area (TPSA) is 166 Å². The molecule has 0 saturated carbocycles. The molecular formula is C31H30N2O10S2. The predicted molar refractivity (Wildman–Crippen MR) is 166 cm³/mol. The number of aromatic carboxylic acids is 1. The zero-order chi connectivity index (χ0) is 32.5. The van der Waals surface area contributed by atoms with Gasteiger partial charge in [0.15, 0.2) is 11.5 Å².